The van der Waals surface area contributed by atoms with Crippen molar-refractivity contribution >= 4 is 77.9 Å². The van der Waals surface area contributed by atoms with Gasteiger partial charge in [0.2, 0.25) is 5.43 Å². The third kappa shape index (κ3) is 7.50. The lowest BCUT2D eigenvalue weighted by Crippen LogP contribution is -2.43. The molecule has 2 fully saturated rings. The molecule has 3 aliphatic carbocycles. The van der Waals surface area contributed by atoms with Crippen LogP contribution in [0.4, 0.5) is 11.4 Å². The van der Waals surface area contributed by atoms with E-state index in [2.05, 4.69) is 10.6 Å². The molecule has 66 heavy (non-hydrogen) atoms. The van der Waals surface area contributed by atoms with E-state index in [0.29, 0.717) is 105 Å². The normalized spacial score (nSPS) is 21.3. The van der Waals surface area contributed by atoms with Crippen molar-refractivity contribution in [2.75, 3.05) is 45.2 Å². The van der Waals surface area contributed by atoms with Crippen LogP contribution in [0, 0.1) is 11.8 Å². The largest absolute Gasteiger partial charge is 0.505 e. The van der Waals surface area contributed by atoms with Gasteiger partial charge in [0.15, 0.2) is 28.5 Å². The first-order chi connectivity index (χ1) is 31.3. The summed E-state index contributed by atoms with van der Waals surface area (Å²) in [6.45, 7) is 15.1. The zero-order valence-corrected chi connectivity index (χ0v) is 40.2. The Balaban J connectivity index is 1.45. The second-order valence-corrected chi connectivity index (χ2v) is 19.6. The van der Waals surface area contributed by atoms with Crippen LogP contribution in [0.15, 0.2) is 27.3 Å². The van der Waals surface area contributed by atoms with Crippen molar-refractivity contribution in [3.05, 3.63) is 49.3 Å². The molecule has 0 saturated heterocycles. The van der Waals surface area contributed by atoms with E-state index in [-0.39, 0.29) is 69.3 Å². The number of phenolic OH excluding ortho intramolecular Hbond substituents is 1. The number of carbonyl (C=O) groups excluding carboxylic acids is 3. The van der Waals surface area contributed by atoms with E-state index in [1.807, 2.05) is 40.7 Å². The van der Waals surface area contributed by atoms with Crippen molar-refractivity contribution in [3.8, 4) is 23.0 Å². The van der Waals surface area contributed by atoms with Gasteiger partial charge in [0.05, 0.1) is 49.4 Å². The molecule has 5 unspecified atom stereocenters. The van der Waals surface area contributed by atoms with Gasteiger partial charge >= 0.3 is 0 Å². The van der Waals surface area contributed by atoms with Gasteiger partial charge < -0.3 is 39.4 Å². The molecule has 0 bridgehead atoms. The summed E-state index contributed by atoms with van der Waals surface area (Å²) in [6.07, 6.45) is 7.24. The van der Waals surface area contributed by atoms with Crippen LogP contribution in [0.2, 0.25) is 0 Å². The minimum Gasteiger partial charge on any atom is -0.505 e. The average Bonchev–Trinajstić information content (AvgIpc) is 3.41. The molecular formula is C53H64N2O11. The number of nitrogens with one attached hydrogen (secondary N) is 2. The molecule has 0 heterocycles. The highest BCUT2D eigenvalue weighted by molar-refractivity contribution is 6.40. The van der Waals surface area contributed by atoms with Gasteiger partial charge in [0.1, 0.15) is 28.5 Å². The van der Waals surface area contributed by atoms with E-state index in [9.17, 15) is 24.3 Å². The topological polar surface area (TPSA) is 176 Å². The minimum absolute atomic E-state index is 0.0115. The standard InChI is InChI=1S/C53H64N2O11/c1-12-65-52(5,6)50(60)27-16-14-18-29(21-27)54-32-23-34(62-9)40-41-35(63-10)24-33(57)39-42(41)37-31(20-25(3)36(26(4)56)45-43(37)44(40)38(32)48(59)49(45)64-11)46(47(39)58)55-30-19-15-17-28(22-30)51(61)53(7,8)66-13-2/h20,23-24,27-30,36,54-55,58H,12-19,21-22H2,1-11H3. The maximum absolute atomic E-state index is 15.4. The summed E-state index contributed by atoms with van der Waals surface area (Å²) in [4.78, 5) is 71.7. The van der Waals surface area contributed by atoms with Crippen molar-refractivity contribution in [1.82, 2.24) is 0 Å². The summed E-state index contributed by atoms with van der Waals surface area (Å²) < 4.78 is 30.1. The summed E-state index contributed by atoms with van der Waals surface area (Å²) in [5, 5.41) is 23.1. The molecule has 5 atom stereocenters. The number of methoxy groups -OCH3 is 3. The first-order valence-electron chi connectivity index (χ1n) is 23.5. The predicted octanol–water partition coefficient (Wildman–Crippen LogP) is 9.43. The van der Waals surface area contributed by atoms with Crippen LogP contribution in [0.25, 0.3) is 49.2 Å². The number of carbonyl (C=O) groups is 3. The van der Waals surface area contributed by atoms with Gasteiger partial charge in [-0.2, -0.15) is 0 Å². The molecular weight excluding hydrogens is 841 g/mol. The predicted molar refractivity (Wildman–Crippen MR) is 260 cm³/mol. The Hall–Kier alpha value is -5.53. The van der Waals surface area contributed by atoms with Crippen LogP contribution in [0.1, 0.15) is 124 Å². The molecule has 8 rings (SSSR count). The Morgan fingerprint density at radius 3 is 1.74 bits per heavy atom. The third-order valence-corrected chi connectivity index (χ3v) is 14.7. The molecule has 13 heteroatoms. The number of ketones is 3. The summed E-state index contributed by atoms with van der Waals surface area (Å²) >= 11 is 0. The van der Waals surface area contributed by atoms with Gasteiger partial charge in [0, 0.05) is 87.3 Å². The fraction of sp³-hybridized carbons (Fsp3) is 0.528. The molecule has 3 N–H and O–H groups in total. The van der Waals surface area contributed by atoms with E-state index in [4.69, 9.17) is 23.7 Å². The second kappa shape index (κ2) is 17.6. The number of phenols is 1. The fourth-order valence-electron chi connectivity index (χ4n) is 11.9. The molecule has 0 aromatic heterocycles. The molecule has 0 amide bonds. The molecule has 5 aromatic carbocycles. The Morgan fingerprint density at radius 1 is 0.697 bits per heavy atom. The zero-order chi connectivity index (χ0) is 47.7. The average molecular weight is 905 g/mol. The first kappa shape index (κ1) is 47.0. The lowest BCUT2D eigenvalue weighted by atomic mass is 9.78. The molecule has 0 aliphatic heterocycles. The molecule has 352 valence electrons. The van der Waals surface area contributed by atoms with Gasteiger partial charge in [-0.25, -0.2) is 0 Å². The van der Waals surface area contributed by atoms with Crippen molar-refractivity contribution in [2.24, 2.45) is 11.8 Å². The summed E-state index contributed by atoms with van der Waals surface area (Å²) in [7, 11) is 4.42. The number of hydrogen-bond donors (Lipinski definition) is 3. The molecule has 5 aromatic rings. The van der Waals surface area contributed by atoms with E-state index >= 15 is 4.79 Å². The summed E-state index contributed by atoms with van der Waals surface area (Å²) in [6, 6.07) is 2.64. The van der Waals surface area contributed by atoms with Crippen molar-refractivity contribution in [1.29, 1.82) is 0 Å². The Bertz CT molecular complexity index is 2940. The number of anilines is 2. The number of hydrogen-bond acceptors (Lipinski definition) is 13. The van der Waals surface area contributed by atoms with Crippen molar-refractivity contribution in [3.63, 3.8) is 0 Å². The fourth-order valence-corrected chi connectivity index (χ4v) is 11.9. The highest BCUT2D eigenvalue weighted by Gasteiger charge is 2.41. The molecule has 2 saturated carbocycles. The lowest BCUT2D eigenvalue weighted by molar-refractivity contribution is -0.145. The van der Waals surface area contributed by atoms with Crippen LogP contribution in [0.5, 0.6) is 23.0 Å². The number of ether oxygens (including phenoxy) is 5. The quantitative estimate of drug-likeness (QED) is 0.0486. The Kier molecular flexibility index (Phi) is 12.5. The number of aromatic hydroxyl groups is 1. The monoisotopic (exact) mass is 904 g/mol. The number of allylic oxidation sites excluding steroid dienone is 1. The van der Waals surface area contributed by atoms with E-state index in [1.165, 1.54) is 34.3 Å². The lowest BCUT2D eigenvalue weighted by Gasteiger charge is -2.35. The summed E-state index contributed by atoms with van der Waals surface area (Å²) in [5.41, 5.74) is -0.606. The van der Waals surface area contributed by atoms with E-state index in [1.54, 1.807) is 19.9 Å². The molecule has 0 spiro atoms. The zero-order valence-electron chi connectivity index (χ0n) is 40.2. The van der Waals surface area contributed by atoms with Gasteiger partial charge in [-0.05, 0) is 99.3 Å². The van der Waals surface area contributed by atoms with Crippen molar-refractivity contribution < 1.29 is 43.2 Å². The van der Waals surface area contributed by atoms with Gasteiger partial charge in [-0.15, -0.1) is 0 Å². The number of rotatable bonds is 16. The Morgan fingerprint density at radius 2 is 1.23 bits per heavy atom. The molecule has 0 radical (unpaired) electrons. The highest BCUT2D eigenvalue weighted by Crippen LogP contribution is 2.57. The van der Waals surface area contributed by atoms with Crippen LogP contribution >= 0.6 is 0 Å². The van der Waals surface area contributed by atoms with Crippen LogP contribution < -0.4 is 35.7 Å². The van der Waals surface area contributed by atoms with Crippen LogP contribution in [-0.2, 0) is 23.9 Å². The summed E-state index contributed by atoms with van der Waals surface area (Å²) in [5.74, 6) is -1.40. The van der Waals surface area contributed by atoms with Crippen LogP contribution in [-0.4, -0.2) is 80.3 Å². The number of Topliss-reactive ketones (excluding diaryl/α,β-unsaturated/α-hetero) is 3. The van der Waals surface area contributed by atoms with Gasteiger partial charge in [-0.1, -0.05) is 24.5 Å². The van der Waals surface area contributed by atoms with E-state index < -0.39 is 28.0 Å². The highest BCUT2D eigenvalue weighted by atomic mass is 16.5. The SMILES string of the molecule is CCOC(C)(C)C(=O)C1CCCC(Nc2c(O)c3c(=O)cc(OC)c4c5c(OC)cc(NC6CCCC(C(=O)C(C)(C)OCC)C6)c6c(=O)c(OC)c7c(c(c2C=C(C)C7C(C)=O)c34)c65)C1. The smallest absolute Gasteiger partial charge is 0.230 e. The minimum atomic E-state index is -0.970. The number of fused-ring (bicyclic) bond motifs is 1. The van der Waals surface area contributed by atoms with Crippen LogP contribution in [0.3, 0.4) is 0 Å². The van der Waals surface area contributed by atoms with Gasteiger partial charge in [-0.3, -0.25) is 24.0 Å². The Labute approximate surface area is 385 Å². The second-order valence-electron chi connectivity index (χ2n) is 19.6. The maximum Gasteiger partial charge on any atom is 0.230 e. The maximum atomic E-state index is 15.4. The van der Waals surface area contributed by atoms with Gasteiger partial charge in [0.25, 0.3) is 0 Å². The third-order valence-electron chi connectivity index (χ3n) is 14.7. The first-order valence-corrected chi connectivity index (χ1v) is 23.5. The number of benzene rings is 5. The van der Waals surface area contributed by atoms with E-state index in [0.717, 1.165) is 25.7 Å². The van der Waals surface area contributed by atoms with Crippen molar-refractivity contribution in [2.45, 2.75) is 136 Å². The molecule has 3 aliphatic rings. The molecule has 13 nitrogen and oxygen atoms in total.